The predicted octanol–water partition coefficient (Wildman–Crippen LogP) is 3.45. The van der Waals surface area contributed by atoms with Gasteiger partial charge in [-0.1, -0.05) is 6.07 Å². The van der Waals surface area contributed by atoms with E-state index < -0.39 is 6.10 Å². The second-order valence-electron chi connectivity index (χ2n) is 6.06. The maximum absolute atomic E-state index is 12.6. The Morgan fingerprint density at radius 3 is 2.73 bits per heavy atom. The number of hydrogen-bond acceptors (Lipinski definition) is 3. The number of ether oxygens (including phenoxy) is 1. The summed E-state index contributed by atoms with van der Waals surface area (Å²) in [5, 5.41) is 5.62. The number of amides is 2. The lowest BCUT2D eigenvalue weighted by atomic mass is 10.1. The van der Waals surface area contributed by atoms with Crippen LogP contribution in [-0.4, -0.2) is 22.5 Å². The summed E-state index contributed by atoms with van der Waals surface area (Å²) in [4.78, 5) is 24.3. The second kappa shape index (κ2) is 6.40. The van der Waals surface area contributed by atoms with Gasteiger partial charge in [0.25, 0.3) is 11.8 Å². The number of nitrogens with zero attached hydrogens (tertiary/aromatic N) is 1. The molecule has 0 bridgehead atoms. The van der Waals surface area contributed by atoms with Crippen LogP contribution in [0.1, 0.15) is 17.3 Å². The molecule has 6 nitrogen and oxygen atoms in total. The number of nitrogens with one attached hydrogen (secondary N) is 2. The Morgan fingerprint density at radius 1 is 1.12 bits per heavy atom. The number of aromatic nitrogens is 1. The van der Waals surface area contributed by atoms with Crippen LogP contribution in [0.15, 0.2) is 67.0 Å². The minimum atomic E-state index is -0.528. The van der Waals surface area contributed by atoms with Crippen molar-refractivity contribution in [3.63, 3.8) is 0 Å². The first-order chi connectivity index (χ1) is 12.6. The van der Waals surface area contributed by atoms with Crippen molar-refractivity contribution >= 4 is 23.2 Å². The van der Waals surface area contributed by atoms with Crippen molar-refractivity contribution < 1.29 is 14.3 Å². The van der Waals surface area contributed by atoms with Crippen LogP contribution in [-0.2, 0) is 4.79 Å². The van der Waals surface area contributed by atoms with Crippen LogP contribution in [0.5, 0.6) is 5.75 Å². The van der Waals surface area contributed by atoms with E-state index in [9.17, 15) is 9.59 Å². The largest absolute Gasteiger partial charge is 0.479 e. The molecule has 1 aromatic heterocycles. The fraction of sp³-hybridized carbons (Fsp3) is 0.100. The third-order valence-electron chi connectivity index (χ3n) is 4.18. The van der Waals surface area contributed by atoms with Crippen LogP contribution >= 0.6 is 0 Å². The molecule has 1 aliphatic heterocycles. The minimum absolute atomic E-state index is 0.208. The summed E-state index contributed by atoms with van der Waals surface area (Å²) in [5.41, 5.74) is 2.58. The lowest BCUT2D eigenvalue weighted by Gasteiger charge is -2.23. The molecule has 0 saturated carbocycles. The molecule has 6 heteroatoms. The van der Waals surface area contributed by atoms with E-state index in [0.717, 1.165) is 5.69 Å². The molecule has 2 heterocycles. The quantitative estimate of drug-likeness (QED) is 0.762. The van der Waals surface area contributed by atoms with Gasteiger partial charge in [-0.2, -0.15) is 0 Å². The van der Waals surface area contributed by atoms with Crippen LogP contribution in [0.25, 0.3) is 5.69 Å². The zero-order chi connectivity index (χ0) is 18.1. The molecule has 4 rings (SSSR count). The Kier molecular flexibility index (Phi) is 3.93. The van der Waals surface area contributed by atoms with Gasteiger partial charge in [0.05, 0.1) is 5.69 Å². The smallest absolute Gasteiger partial charge is 0.265 e. The van der Waals surface area contributed by atoms with Gasteiger partial charge in [0.15, 0.2) is 6.10 Å². The predicted molar refractivity (Wildman–Crippen MR) is 98.9 cm³/mol. The molecule has 2 amide bonds. The highest BCUT2D eigenvalue weighted by Gasteiger charge is 2.23. The van der Waals surface area contributed by atoms with Crippen LogP contribution in [0, 0.1) is 0 Å². The van der Waals surface area contributed by atoms with Crippen molar-refractivity contribution in [2.45, 2.75) is 13.0 Å². The summed E-state index contributed by atoms with van der Waals surface area (Å²) in [6.45, 7) is 1.69. The van der Waals surface area contributed by atoms with Gasteiger partial charge < -0.3 is 19.9 Å². The Bertz CT molecular complexity index is 980. The third-order valence-corrected chi connectivity index (χ3v) is 4.18. The van der Waals surface area contributed by atoms with E-state index >= 15 is 0 Å². The molecule has 0 unspecified atom stereocenters. The van der Waals surface area contributed by atoms with Crippen molar-refractivity contribution in [1.82, 2.24) is 4.57 Å². The van der Waals surface area contributed by atoms with Gasteiger partial charge in [-0.3, -0.25) is 9.59 Å². The maximum atomic E-state index is 12.6. The highest BCUT2D eigenvalue weighted by atomic mass is 16.5. The van der Waals surface area contributed by atoms with Gasteiger partial charge >= 0.3 is 0 Å². The van der Waals surface area contributed by atoms with Crippen molar-refractivity contribution in [3.05, 3.63) is 72.6 Å². The number of anilines is 2. The van der Waals surface area contributed by atoms with E-state index in [2.05, 4.69) is 10.6 Å². The Hall–Kier alpha value is -3.54. The van der Waals surface area contributed by atoms with Crippen molar-refractivity contribution in [3.8, 4) is 11.4 Å². The zero-order valence-electron chi connectivity index (χ0n) is 14.1. The van der Waals surface area contributed by atoms with E-state index in [1.54, 1.807) is 31.2 Å². The van der Waals surface area contributed by atoms with E-state index in [1.165, 1.54) is 0 Å². The second-order valence-corrected chi connectivity index (χ2v) is 6.06. The molecule has 2 aromatic carbocycles. The summed E-state index contributed by atoms with van der Waals surface area (Å²) in [5.74, 6) is 0.153. The first kappa shape index (κ1) is 16.0. The molecular weight excluding hydrogens is 330 g/mol. The third kappa shape index (κ3) is 3.04. The van der Waals surface area contributed by atoms with E-state index in [4.69, 9.17) is 4.74 Å². The van der Waals surface area contributed by atoms with Crippen LogP contribution in [0.2, 0.25) is 0 Å². The SMILES string of the molecule is C[C@H]1Oc2ccc(NC(=O)c3cccc(-n4cccc4)c3)cc2NC1=O. The van der Waals surface area contributed by atoms with Crippen molar-refractivity contribution in [2.75, 3.05) is 10.6 Å². The van der Waals surface area contributed by atoms with Gasteiger partial charge in [0, 0.05) is 29.3 Å². The molecule has 130 valence electrons. The molecule has 2 N–H and O–H groups in total. The van der Waals surface area contributed by atoms with Gasteiger partial charge in [0.1, 0.15) is 5.75 Å². The molecule has 0 spiro atoms. The minimum Gasteiger partial charge on any atom is -0.479 e. The molecular formula is C20H17N3O3. The topological polar surface area (TPSA) is 72.4 Å². The van der Waals surface area contributed by atoms with Gasteiger partial charge in [-0.25, -0.2) is 0 Å². The molecule has 0 fully saturated rings. The Labute approximate surface area is 150 Å². The lowest BCUT2D eigenvalue weighted by molar-refractivity contribution is -0.122. The first-order valence-corrected chi connectivity index (χ1v) is 8.26. The average Bonchev–Trinajstić information content (AvgIpc) is 3.18. The molecule has 1 aliphatic rings. The summed E-state index contributed by atoms with van der Waals surface area (Å²) in [6.07, 6.45) is 3.31. The molecule has 1 atom stereocenters. The number of fused-ring (bicyclic) bond motifs is 1. The number of hydrogen-bond donors (Lipinski definition) is 2. The lowest BCUT2D eigenvalue weighted by Crippen LogP contribution is -2.34. The highest BCUT2D eigenvalue weighted by Crippen LogP contribution is 2.32. The Balaban J connectivity index is 1.55. The molecule has 3 aromatic rings. The molecule has 0 radical (unpaired) electrons. The molecule has 0 saturated heterocycles. The summed E-state index contributed by atoms with van der Waals surface area (Å²) >= 11 is 0. The fourth-order valence-electron chi connectivity index (χ4n) is 2.80. The van der Waals surface area contributed by atoms with E-state index in [0.29, 0.717) is 22.7 Å². The van der Waals surface area contributed by atoms with Gasteiger partial charge in [0.2, 0.25) is 0 Å². The maximum Gasteiger partial charge on any atom is 0.265 e. The fourth-order valence-corrected chi connectivity index (χ4v) is 2.80. The van der Waals surface area contributed by atoms with Crippen molar-refractivity contribution in [2.24, 2.45) is 0 Å². The summed E-state index contributed by atoms with van der Waals surface area (Å²) < 4.78 is 7.45. The standard InChI is InChI=1S/C20H17N3O3/c1-13-19(24)22-17-12-15(7-8-18(17)26-13)21-20(25)14-5-4-6-16(11-14)23-9-2-3-10-23/h2-13H,1H3,(H,21,25)(H,22,24)/t13-/m1/s1. The Morgan fingerprint density at radius 2 is 1.92 bits per heavy atom. The highest BCUT2D eigenvalue weighted by molar-refractivity contribution is 6.05. The first-order valence-electron chi connectivity index (χ1n) is 8.26. The van der Waals surface area contributed by atoms with Crippen LogP contribution in [0.3, 0.4) is 0 Å². The number of rotatable bonds is 3. The monoisotopic (exact) mass is 347 g/mol. The number of carbonyl (C=O) groups is 2. The molecule has 0 aliphatic carbocycles. The number of benzene rings is 2. The molecule has 26 heavy (non-hydrogen) atoms. The van der Waals surface area contributed by atoms with Crippen molar-refractivity contribution in [1.29, 1.82) is 0 Å². The van der Waals surface area contributed by atoms with Crippen LogP contribution < -0.4 is 15.4 Å². The van der Waals surface area contributed by atoms with E-state index in [-0.39, 0.29) is 11.8 Å². The zero-order valence-corrected chi connectivity index (χ0v) is 14.1. The van der Waals surface area contributed by atoms with E-state index in [1.807, 2.05) is 47.3 Å². The number of carbonyl (C=O) groups excluding carboxylic acids is 2. The average molecular weight is 347 g/mol. The van der Waals surface area contributed by atoms with Crippen LogP contribution in [0.4, 0.5) is 11.4 Å². The summed E-state index contributed by atoms with van der Waals surface area (Å²) in [7, 11) is 0. The normalized spacial score (nSPS) is 15.6. The summed E-state index contributed by atoms with van der Waals surface area (Å²) in [6, 6.07) is 16.4. The van der Waals surface area contributed by atoms with Gasteiger partial charge in [-0.15, -0.1) is 0 Å². The van der Waals surface area contributed by atoms with Gasteiger partial charge in [-0.05, 0) is 55.5 Å².